The molecule has 2 aromatic rings. The maximum atomic E-state index is 11.4. The van der Waals surface area contributed by atoms with Gasteiger partial charge in [-0.2, -0.15) is 0 Å². The van der Waals surface area contributed by atoms with E-state index in [1.54, 1.807) is 18.3 Å². The number of nitrogens with zero attached hydrogens (tertiary/aromatic N) is 1. The number of halogens is 1. The van der Waals surface area contributed by atoms with Crippen molar-refractivity contribution in [2.75, 3.05) is 0 Å². The summed E-state index contributed by atoms with van der Waals surface area (Å²) < 4.78 is 6.10. The number of carbonyl (C=O) groups is 1. The SMILES string of the molecule is O=Cc1cc(Cl)ccc1C1=CC=CC2c3cnccc3OC12. The average molecular weight is 310 g/mol. The zero-order valence-corrected chi connectivity index (χ0v) is 12.3. The van der Waals surface area contributed by atoms with Crippen LogP contribution in [0.25, 0.3) is 5.57 Å². The Balaban J connectivity index is 1.81. The van der Waals surface area contributed by atoms with E-state index in [-0.39, 0.29) is 12.0 Å². The van der Waals surface area contributed by atoms with E-state index >= 15 is 0 Å². The molecule has 4 heteroatoms. The molecule has 0 bridgehead atoms. The molecule has 2 unspecified atom stereocenters. The van der Waals surface area contributed by atoms with Crippen LogP contribution in [0.1, 0.15) is 27.4 Å². The molecule has 1 aliphatic carbocycles. The fraction of sp³-hybridized carbons (Fsp3) is 0.111. The monoisotopic (exact) mass is 309 g/mol. The van der Waals surface area contributed by atoms with Gasteiger partial charge in [0, 0.05) is 40.0 Å². The molecule has 0 amide bonds. The molecule has 0 radical (unpaired) electrons. The Hall–Kier alpha value is -2.39. The van der Waals surface area contributed by atoms with Gasteiger partial charge in [-0.05, 0) is 23.8 Å². The number of hydrogen-bond acceptors (Lipinski definition) is 3. The molecule has 2 heterocycles. The Morgan fingerprint density at radius 2 is 2.18 bits per heavy atom. The van der Waals surface area contributed by atoms with Gasteiger partial charge < -0.3 is 4.74 Å². The second kappa shape index (κ2) is 5.11. The van der Waals surface area contributed by atoms with Crippen molar-refractivity contribution in [3.8, 4) is 5.75 Å². The summed E-state index contributed by atoms with van der Waals surface area (Å²) in [6, 6.07) is 7.23. The summed E-state index contributed by atoms with van der Waals surface area (Å²) in [5.41, 5.74) is 3.50. The van der Waals surface area contributed by atoms with Gasteiger partial charge in [0.1, 0.15) is 11.9 Å². The summed E-state index contributed by atoms with van der Waals surface area (Å²) >= 11 is 5.99. The standard InChI is InChI=1S/C18H12ClNO2/c19-12-4-5-13(11(8-12)10-21)14-2-1-3-15-16-9-20-7-6-17(16)22-18(14)15/h1-10,15,18H. The molecule has 1 aromatic heterocycles. The summed E-state index contributed by atoms with van der Waals surface area (Å²) in [4.78, 5) is 15.6. The summed E-state index contributed by atoms with van der Waals surface area (Å²) in [5.74, 6) is 0.975. The molecular formula is C18H12ClNO2. The van der Waals surface area contributed by atoms with Gasteiger partial charge in [-0.15, -0.1) is 0 Å². The smallest absolute Gasteiger partial charge is 0.150 e. The van der Waals surface area contributed by atoms with Crippen molar-refractivity contribution >= 4 is 23.5 Å². The molecule has 1 aromatic carbocycles. The molecule has 0 N–H and O–H groups in total. The van der Waals surface area contributed by atoms with Crippen LogP contribution < -0.4 is 4.74 Å². The topological polar surface area (TPSA) is 39.2 Å². The van der Waals surface area contributed by atoms with Crippen LogP contribution in [-0.2, 0) is 0 Å². The van der Waals surface area contributed by atoms with Gasteiger partial charge in [-0.25, -0.2) is 0 Å². The van der Waals surface area contributed by atoms with Crippen LogP contribution in [0, 0.1) is 0 Å². The average Bonchev–Trinajstić information content (AvgIpc) is 2.93. The second-order valence-corrected chi connectivity index (χ2v) is 5.77. The van der Waals surface area contributed by atoms with E-state index in [1.165, 1.54) is 0 Å². The Bertz CT molecular complexity index is 826. The van der Waals surface area contributed by atoms with Gasteiger partial charge in [-0.1, -0.05) is 35.9 Å². The van der Waals surface area contributed by atoms with E-state index in [1.807, 2.05) is 30.5 Å². The minimum absolute atomic E-state index is 0.124. The number of allylic oxidation sites excluding steroid dienone is 2. The highest BCUT2D eigenvalue weighted by atomic mass is 35.5. The van der Waals surface area contributed by atoms with Crippen molar-refractivity contribution in [3.63, 3.8) is 0 Å². The summed E-state index contributed by atoms with van der Waals surface area (Å²) in [6.07, 6.45) is 10.4. The van der Waals surface area contributed by atoms with E-state index in [0.717, 1.165) is 28.7 Å². The minimum Gasteiger partial charge on any atom is -0.484 e. The van der Waals surface area contributed by atoms with Crippen LogP contribution in [0.3, 0.4) is 0 Å². The molecule has 1 aliphatic heterocycles. The molecule has 22 heavy (non-hydrogen) atoms. The third-order valence-corrected chi connectivity index (χ3v) is 4.34. The minimum atomic E-state index is -0.135. The van der Waals surface area contributed by atoms with Crippen LogP contribution in [0.15, 0.2) is 54.9 Å². The first-order valence-corrected chi connectivity index (χ1v) is 7.40. The van der Waals surface area contributed by atoms with Crippen molar-refractivity contribution in [2.24, 2.45) is 0 Å². The number of ether oxygens (including phenoxy) is 1. The maximum absolute atomic E-state index is 11.4. The summed E-state index contributed by atoms with van der Waals surface area (Å²) in [7, 11) is 0. The first kappa shape index (κ1) is 13.3. The predicted molar refractivity (Wildman–Crippen MR) is 85.4 cm³/mol. The molecule has 0 saturated heterocycles. The highest BCUT2D eigenvalue weighted by Crippen LogP contribution is 2.45. The van der Waals surface area contributed by atoms with Gasteiger partial charge in [0.25, 0.3) is 0 Å². The van der Waals surface area contributed by atoms with Gasteiger partial charge in [0.15, 0.2) is 6.29 Å². The number of fused-ring (bicyclic) bond motifs is 3. The van der Waals surface area contributed by atoms with Gasteiger partial charge in [-0.3, -0.25) is 9.78 Å². The van der Waals surface area contributed by atoms with E-state index < -0.39 is 0 Å². The first-order valence-electron chi connectivity index (χ1n) is 7.02. The number of aromatic nitrogens is 1. The molecule has 3 nitrogen and oxygen atoms in total. The fourth-order valence-electron chi connectivity index (χ4n) is 3.10. The third-order valence-electron chi connectivity index (χ3n) is 4.10. The number of benzene rings is 1. The molecule has 2 atom stereocenters. The molecule has 0 spiro atoms. The lowest BCUT2D eigenvalue weighted by molar-refractivity contribution is 0.112. The van der Waals surface area contributed by atoms with Crippen LogP contribution in [0.5, 0.6) is 5.75 Å². The van der Waals surface area contributed by atoms with Crippen molar-refractivity contribution in [1.29, 1.82) is 0 Å². The molecule has 0 saturated carbocycles. The van der Waals surface area contributed by atoms with E-state index in [9.17, 15) is 4.79 Å². The Morgan fingerprint density at radius 3 is 3.05 bits per heavy atom. The summed E-state index contributed by atoms with van der Waals surface area (Å²) in [6.45, 7) is 0. The van der Waals surface area contributed by atoms with Gasteiger partial charge in [0.05, 0.1) is 0 Å². The number of pyridine rings is 1. The van der Waals surface area contributed by atoms with Gasteiger partial charge >= 0.3 is 0 Å². The largest absolute Gasteiger partial charge is 0.484 e. The van der Waals surface area contributed by atoms with E-state index in [4.69, 9.17) is 16.3 Å². The van der Waals surface area contributed by atoms with Crippen molar-refractivity contribution in [1.82, 2.24) is 4.98 Å². The van der Waals surface area contributed by atoms with Crippen LogP contribution in [0.2, 0.25) is 5.02 Å². The highest BCUT2D eigenvalue weighted by Gasteiger charge is 2.37. The van der Waals surface area contributed by atoms with E-state index in [2.05, 4.69) is 11.1 Å². The number of aldehydes is 1. The lowest BCUT2D eigenvalue weighted by Gasteiger charge is -2.23. The normalized spacial score (nSPS) is 21.6. The zero-order chi connectivity index (χ0) is 15.1. The predicted octanol–water partition coefficient (Wildman–Crippen LogP) is 4.05. The molecule has 0 fully saturated rings. The molecule has 4 rings (SSSR count). The molecule has 2 aliphatic rings. The zero-order valence-electron chi connectivity index (χ0n) is 11.6. The quantitative estimate of drug-likeness (QED) is 0.786. The Labute approximate surface area is 132 Å². The molecular weight excluding hydrogens is 298 g/mol. The van der Waals surface area contributed by atoms with Gasteiger partial charge in [0.2, 0.25) is 0 Å². The van der Waals surface area contributed by atoms with Crippen molar-refractivity contribution in [3.05, 3.63) is 76.6 Å². The number of rotatable bonds is 2. The Kier molecular flexibility index (Phi) is 3.09. The van der Waals surface area contributed by atoms with Crippen molar-refractivity contribution in [2.45, 2.75) is 12.0 Å². The van der Waals surface area contributed by atoms with Crippen LogP contribution in [-0.4, -0.2) is 17.4 Å². The lowest BCUT2D eigenvalue weighted by atomic mass is 9.84. The lowest BCUT2D eigenvalue weighted by Crippen LogP contribution is -2.22. The molecule has 108 valence electrons. The summed E-state index contributed by atoms with van der Waals surface area (Å²) in [5, 5.41) is 0.550. The van der Waals surface area contributed by atoms with Crippen LogP contribution in [0.4, 0.5) is 0 Å². The number of hydrogen-bond donors (Lipinski definition) is 0. The van der Waals surface area contributed by atoms with E-state index in [0.29, 0.717) is 10.6 Å². The third kappa shape index (κ3) is 1.97. The fourth-order valence-corrected chi connectivity index (χ4v) is 3.28. The van der Waals surface area contributed by atoms with Crippen molar-refractivity contribution < 1.29 is 9.53 Å². The number of carbonyl (C=O) groups excluding carboxylic acids is 1. The van der Waals surface area contributed by atoms with Crippen LogP contribution >= 0.6 is 11.6 Å². The Morgan fingerprint density at radius 1 is 1.27 bits per heavy atom. The maximum Gasteiger partial charge on any atom is 0.150 e. The highest BCUT2D eigenvalue weighted by molar-refractivity contribution is 6.31. The second-order valence-electron chi connectivity index (χ2n) is 5.33. The first-order chi connectivity index (χ1) is 10.8.